The van der Waals surface area contributed by atoms with E-state index in [-0.39, 0.29) is 11.3 Å². The quantitative estimate of drug-likeness (QED) is 0.343. The molecule has 3 heterocycles. The highest BCUT2D eigenvalue weighted by Crippen LogP contribution is 2.35. The van der Waals surface area contributed by atoms with Gasteiger partial charge in [-0.05, 0) is 43.4 Å². The van der Waals surface area contributed by atoms with E-state index >= 15 is 0 Å². The number of hydrogen-bond donors (Lipinski definition) is 0. The van der Waals surface area contributed by atoms with Gasteiger partial charge in [0.15, 0.2) is 10.7 Å². The highest BCUT2D eigenvalue weighted by atomic mass is 32.2. The van der Waals surface area contributed by atoms with Gasteiger partial charge in [0.25, 0.3) is 5.56 Å². The van der Waals surface area contributed by atoms with Crippen LogP contribution < -0.4 is 11.3 Å². The molecule has 0 radical (unpaired) electrons. The number of thiophene rings is 1. The Balaban J connectivity index is 1.47. The number of nitrogens with zero attached hydrogens (tertiary/aromatic N) is 3. The fourth-order valence-corrected chi connectivity index (χ4v) is 6.30. The van der Waals surface area contributed by atoms with Crippen molar-refractivity contribution in [1.82, 2.24) is 14.1 Å². The van der Waals surface area contributed by atoms with Gasteiger partial charge in [0.1, 0.15) is 4.83 Å². The summed E-state index contributed by atoms with van der Waals surface area (Å²) >= 11 is 3.20. The van der Waals surface area contributed by atoms with Crippen molar-refractivity contribution in [3.63, 3.8) is 0 Å². The average molecular weight is 428 g/mol. The minimum absolute atomic E-state index is 0.0877. The Morgan fingerprint density at radius 2 is 2.03 bits per heavy atom. The summed E-state index contributed by atoms with van der Waals surface area (Å²) in [4.78, 5) is 32.4. The van der Waals surface area contributed by atoms with Crippen molar-refractivity contribution >= 4 is 44.4 Å². The van der Waals surface area contributed by atoms with E-state index in [1.165, 1.54) is 22.2 Å². The Morgan fingerprint density at radius 3 is 2.90 bits per heavy atom. The molecule has 1 aliphatic carbocycles. The molecule has 1 aliphatic rings. The van der Waals surface area contributed by atoms with Crippen LogP contribution in [0.25, 0.3) is 21.3 Å². The van der Waals surface area contributed by atoms with Crippen molar-refractivity contribution in [2.45, 2.75) is 50.9 Å². The lowest BCUT2D eigenvalue weighted by Crippen LogP contribution is -2.24. The Labute approximate surface area is 175 Å². The van der Waals surface area contributed by atoms with Crippen LogP contribution in [0.2, 0.25) is 0 Å². The van der Waals surface area contributed by atoms with Gasteiger partial charge in [0, 0.05) is 23.7 Å². The van der Waals surface area contributed by atoms with E-state index in [0.29, 0.717) is 24.4 Å². The first-order valence-corrected chi connectivity index (χ1v) is 11.7. The zero-order valence-electron chi connectivity index (χ0n) is 16.1. The molecule has 0 aliphatic heterocycles. The second-order valence-corrected chi connectivity index (χ2v) is 9.37. The minimum Gasteiger partial charge on any atom is -0.408 e. The number of rotatable bonds is 6. The highest BCUT2D eigenvalue weighted by Gasteiger charge is 2.23. The van der Waals surface area contributed by atoms with Gasteiger partial charge in [-0.3, -0.25) is 13.9 Å². The smallest absolute Gasteiger partial charge is 0.408 e. The summed E-state index contributed by atoms with van der Waals surface area (Å²) in [5.74, 6) is 0.284. The fourth-order valence-electron chi connectivity index (χ4n) is 4.04. The Hall–Kier alpha value is -2.32. The van der Waals surface area contributed by atoms with E-state index < -0.39 is 0 Å². The van der Waals surface area contributed by atoms with Gasteiger partial charge in [0.05, 0.1) is 10.9 Å². The van der Waals surface area contributed by atoms with E-state index in [1.807, 2.05) is 22.8 Å². The van der Waals surface area contributed by atoms with E-state index in [9.17, 15) is 9.59 Å². The van der Waals surface area contributed by atoms with Gasteiger partial charge in [0.2, 0.25) is 0 Å². The number of hydrogen-bond acceptors (Lipinski definition) is 6. The fraction of sp³-hybridized carbons (Fsp3) is 0.381. The van der Waals surface area contributed by atoms with Crippen molar-refractivity contribution in [1.29, 1.82) is 0 Å². The minimum atomic E-state index is -0.351. The lowest BCUT2D eigenvalue weighted by atomic mass is 10.2. The molecule has 150 valence electrons. The molecule has 0 spiro atoms. The molecular weight excluding hydrogens is 406 g/mol. The third kappa shape index (κ3) is 3.14. The molecule has 0 N–H and O–H groups in total. The van der Waals surface area contributed by atoms with E-state index in [1.54, 1.807) is 22.0 Å². The predicted molar refractivity (Wildman–Crippen MR) is 117 cm³/mol. The summed E-state index contributed by atoms with van der Waals surface area (Å²) in [6.45, 7) is 3.23. The van der Waals surface area contributed by atoms with Crippen LogP contribution in [0.5, 0.6) is 0 Å². The molecule has 0 bridgehead atoms. The molecule has 6 nitrogen and oxygen atoms in total. The first-order chi connectivity index (χ1) is 14.2. The highest BCUT2D eigenvalue weighted by molar-refractivity contribution is 7.99. The Bertz CT molecular complexity index is 1330. The van der Waals surface area contributed by atoms with Gasteiger partial charge in [-0.1, -0.05) is 30.8 Å². The SMILES string of the molecule is CCCn1c(SCCn2c(=O)oc3ccccc32)nc2sc3c(c2c1=O)CCC3. The van der Waals surface area contributed by atoms with Crippen LogP contribution in [0.1, 0.15) is 30.2 Å². The molecule has 8 heteroatoms. The summed E-state index contributed by atoms with van der Waals surface area (Å²) in [5.41, 5.74) is 2.70. The molecule has 5 rings (SSSR count). The van der Waals surface area contributed by atoms with Crippen molar-refractivity contribution in [3.05, 3.63) is 55.6 Å². The lowest BCUT2D eigenvalue weighted by Gasteiger charge is -2.11. The van der Waals surface area contributed by atoms with Crippen molar-refractivity contribution in [2.24, 2.45) is 0 Å². The number of aromatic nitrogens is 3. The Morgan fingerprint density at radius 1 is 1.17 bits per heavy atom. The second kappa shape index (κ2) is 7.50. The van der Waals surface area contributed by atoms with Gasteiger partial charge < -0.3 is 4.42 Å². The van der Waals surface area contributed by atoms with Crippen LogP contribution in [0.15, 0.2) is 43.4 Å². The topological polar surface area (TPSA) is 70.0 Å². The molecule has 0 unspecified atom stereocenters. The zero-order valence-corrected chi connectivity index (χ0v) is 17.8. The molecular formula is C21H21N3O3S2. The molecule has 4 aromatic rings. The normalized spacial score (nSPS) is 13.6. The number of benzene rings is 1. The number of thioether (sulfide) groups is 1. The number of fused-ring (bicyclic) bond motifs is 4. The number of para-hydroxylation sites is 2. The molecule has 3 aromatic heterocycles. The lowest BCUT2D eigenvalue weighted by molar-refractivity contribution is 0.514. The molecule has 0 saturated heterocycles. The van der Waals surface area contributed by atoms with Gasteiger partial charge in [-0.15, -0.1) is 11.3 Å². The third-order valence-electron chi connectivity index (χ3n) is 5.36. The van der Waals surface area contributed by atoms with Crippen LogP contribution in [0, 0.1) is 0 Å². The monoisotopic (exact) mass is 427 g/mol. The molecule has 29 heavy (non-hydrogen) atoms. The summed E-state index contributed by atoms with van der Waals surface area (Å²) in [7, 11) is 0. The van der Waals surface area contributed by atoms with Crippen LogP contribution in [0.4, 0.5) is 0 Å². The summed E-state index contributed by atoms with van der Waals surface area (Å²) in [5, 5.41) is 1.57. The molecule has 0 amide bonds. The van der Waals surface area contributed by atoms with Crippen molar-refractivity contribution in [3.8, 4) is 0 Å². The van der Waals surface area contributed by atoms with Gasteiger partial charge >= 0.3 is 5.76 Å². The van der Waals surface area contributed by atoms with Crippen LogP contribution in [-0.2, 0) is 25.9 Å². The van der Waals surface area contributed by atoms with Crippen LogP contribution in [0.3, 0.4) is 0 Å². The summed E-state index contributed by atoms with van der Waals surface area (Å²) in [6, 6.07) is 7.43. The van der Waals surface area contributed by atoms with E-state index in [2.05, 4.69) is 6.92 Å². The van der Waals surface area contributed by atoms with Crippen molar-refractivity contribution < 1.29 is 4.42 Å². The number of oxazole rings is 1. The third-order valence-corrected chi connectivity index (χ3v) is 7.50. The number of aryl methyl sites for hydroxylation is 3. The maximum Gasteiger partial charge on any atom is 0.419 e. The molecule has 0 saturated carbocycles. The second-order valence-electron chi connectivity index (χ2n) is 7.22. The maximum atomic E-state index is 13.2. The maximum absolute atomic E-state index is 13.2. The zero-order chi connectivity index (χ0) is 20.0. The average Bonchev–Trinajstić information content (AvgIpc) is 3.37. The van der Waals surface area contributed by atoms with Gasteiger partial charge in [-0.2, -0.15) is 0 Å². The first kappa shape index (κ1) is 18.7. The van der Waals surface area contributed by atoms with Gasteiger partial charge in [-0.25, -0.2) is 9.78 Å². The standard InChI is InChI=1S/C21H21N3O3S2/c1-2-10-24-19(25)17-13-6-5-9-16(13)29-18(17)22-20(24)28-12-11-23-14-7-3-4-8-15(14)27-21(23)26/h3-4,7-8H,2,5-6,9-12H2,1H3. The van der Waals surface area contributed by atoms with Crippen LogP contribution in [-0.4, -0.2) is 19.9 Å². The predicted octanol–water partition coefficient (Wildman–Crippen LogP) is 4.06. The summed E-state index contributed by atoms with van der Waals surface area (Å²) < 4.78 is 8.76. The first-order valence-electron chi connectivity index (χ1n) is 9.93. The largest absolute Gasteiger partial charge is 0.419 e. The van der Waals surface area contributed by atoms with Crippen LogP contribution >= 0.6 is 23.1 Å². The summed E-state index contributed by atoms with van der Waals surface area (Å²) in [6.07, 6.45) is 4.05. The van der Waals surface area contributed by atoms with E-state index in [4.69, 9.17) is 9.40 Å². The van der Waals surface area contributed by atoms with Crippen molar-refractivity contribution in [2.75, 3.05) is 5.75 Å². The molecule has 0 atom stereocenters. The molecule has 0 fully saturated rings. The molecule has 1 aromatic carbocycles. The Kier molecular flexibility index (Phi) is 4.83. The van der Waals surface area contributed by atoms with E-state index in [0.717, 1.165) is 46.6 Å².